The number of nitrogens with one attached hydrogen (secondary N) is 1. The molecule has 2 atom stereocenters. The van der Waals surface area contributed by atoms with Crippen LogP contribution in [0.5, 0.6) is 5.75 Å². The van der Waals surface area contributed by atoms with Gasteiger partial charge in [-0.25, -0.2) is 0 Å². The fourth-order valence-electron chi connectivity index (χ4n) is 1.93. The van der Waals surface area contributed by atoms with Crippen LogP contribution in [0.4, 0.5) is 0 Å². The average molecular weight is 344 g/mol. The van der Waals surface area contributed by atoms with Crippen molar-refractivity contribution in [3.8, 4) is 5.75 Å². The lowest BCUT2D eigenvalue weighted by atomic mass is 9.99. The summed E-state index contributed by atoms with van der Waals surface area (Å²) in [6.45, 7) is 4.71. The van der Waals surface area contributed by atoms with Gasteiger partial charge >= 0.3 is 5.97 Å². The summed E-state index contributed by atoms with van der Waals surface area (Å²) in [6, 6.07) is 5.57. The van der Waals surface area contributed by atoms with Gasteiger partial charge in [0.1, 0.15) is 11.8 Å². The second-order valence-corrected chi connectivity index (χ2v) is 5.59. The van der Waals surface area contributed by atoms with E-state index in [-0.39, 0.29) is 17.9 Å². The molecule has 0 heterocycles. The summed E-state index contributed by atoms with van der Waals surface area (Å²) in [6.07, 6.45) is 0.916. The molecule has 0 saturated heterocycles. The first kappa shape index (κ1) is 17.0. The zero-order valence-corrected chi connectivity index (χ0v) is 14.0. The van der Waals surface area contributed by atoms with E-state index in [2.05, 4.69) is 28.2 Å². The lowest BCUT2D eigenvalue weighted by Crippen LogP contribution is -2.42. The molecule has 0 aliphatic heterocycles. The number of carbonyl (C=O) groups is 1. The van der Waals surface area contributed by atoms with E-state index in [0.29, 0.717) is 6.54 Å². The standard InChI is InChI=1S/C15H22BrNO3/c1-5-10(2)14(15(18)20-4)17-9-11-6-7-13(19-3)12(16)8-11/h6-8,10,14,17H,5,9H2,1-4H3. The van der Waals surface area contributed by atoms with Crippen LogP contribution in [-0.2, 0) is 16.1 Å². The van der Waals surface area contributed by atoms with Crippen LogP contribution in [0.15, 0.2) is 22.7 Å². The van der Waals surface area contributed by atoms with Crippen LogP contribution >= 0.6 is 15.9 Å². The van der Waals surface area contributed by atoms with E-state index in [9.17, 15) is 4.79 Å². The SMILES string of the molecule is CCC(C)C(NCc1ccc(OC)c(Br)c1)C(=O)OC. The highest BCUT2D eigenvalue weighted by Crippen LogP contribution is 2.25. The van der Waals surface area contributed by atoms with Crippen molar-refractivity contribution in [3.63, 3.8) is 0 Å². The highest BCUT2D eigenvalue weighted by molar-refractivity contribution is 9.10. The van der Waals surface area contributed by atoms with E-state index in [1.54, 1.807) is 7.11 Å². The predicted octanol–water partition coefficient (Wildman–Crippen LogP) is 3.14. The van der Waals surface area contributed by atoms with E-state index in [1.807, 2.05) is 25.1 Å². The molecule has 20 heavy (non-hydrogen) atoms. The molecule has 0 aliphatic carbocycles. The molecule has 5 heteroatoms. The molecular formula is C15H22BrNO3. The molecule has 1 N–H and O–H groups in total. The lowest BCUT2D eigenvalue weighted by Gasteiger charge is -2.22. The third-order valence-corrected chi connectivity index (χ3v) is 4.03. The smallest absolute Gasteiger partial charge is 0.323 e. The zero-order valence-electron chi connectivity index (χ0n) is 12.4. The number of methoxy groups -OCH3 is 2. The minimum atomic E-state index is -0.286. The molecule has 0 radical (unpaired) electrons. The number of hydrogen-bond acceptors (Lipinski definition) is 4. The maximum absolute atomic E-state index is 11.8. The van der Waals surface area contributed by atoms with Crippen LogP contribution in [0, 0.1) is 5.92 Å². The van der Waals surface area contributed by atoms with Crippen LogP contribution in [0.25, 0.3) is 0 Å². The number of carbonyl (C=O) groups excluding carboxylic acids is 1. The van der Waals surface area contributed by atoms with Crippen LogP contribution in [0.3, 0.4) is 0 Å². The molecule has 0 aromatic heterocycles. The molecular weight excluding hydrogens is 322 g/mol. The lowest BCUT2D eigenvalue weighted by molar-refractivity contribution is -0.144. The van der Waals surface area contributed by atoms with Crippen molar-refractivity contribution in [1.29, 1.82) is 0 Å². The molecule has 1 rings (SSSR count). The summed E-state index contributed by atoms with van der Waals surface area (Å²) in [5.74, 6) is 0.802. The molecule has 1 aromatic rings. The van der Waals surface area contributed by atoms with Gasteiger partial charge in [0.2, 0.25) is 0 Å². The Kier molecular flexibility index (Phi) is 7.02. The van der Waals surface area contributed by atoms with Gasteiger partial charge in [-0.05, 0) is 39.5 Å². The molecule has 0 amide bonds. The first-order valence-corrected chi connectivity index (χ1v) is 7.46. The summed E-state index contributed by atoms with van der Waals surface area (Å²) in [7, 11) is 3.05. The van der Waals surface area contributed by atoms with Crippen molar-refractivity contribution < 1.29 is 14.3 Å². The van der Waals surface area contributed by atoms with Crippen molar-refractivity contribution in [2.75, 3.05) is 14.2 Å². The van der Waals surface area contributed by atoms with Gasteiger partial charge in [0.15, 0.2) is 0 Å². The summed E-state index contributed by atoms with van der Waals surface area (Å²) in [4.78, 5) is 11.8. The first-order valence-electron chi connectivity index (χ1n) is 6.67. The highest BCUT2D eigenvalue weighted by atomic mass is 79.9. The van der Waals surface area contributed by atoms with Crippen LogP contribution in [0.1, 0.15) is 25.8 Å². The summed E-state index contributed by atoms with van der Waals surface area (Å²) in [5, 5.41) is 3.27. The van der Waals surface area contributed by atoms with Gasteiger partial charge in [0.05, 0.1) is 18.7 Å². The van der Waals surface area contributed by atoms with Gasteiger partial charge in [-0.2, -0.15) is 0 Å². The Labute approximate surface area is 129 Å². The van der Waals surface area contributed by atoms with E-state index >= 15 is 0 Å². The number of benzene rings is 1. The summed E-state index contributed by atoms with van der Waals surface area (Å²) < 4.78 is 10.9. The van der Waals surface area contributed by atoms with Gasteiger partial charge in [-0.3, -0.25) is 4.79 Å². The third-order valence-electron chi connectivity index (χ3n) is 3.41. The normalized spacial score (nSPS) is 13.7. The summed E-state index contributed by atoms with van der Waals surface area (Å²) >= 11 is 3.46. The molecule has 112 valence electrons. The van der Waals surface area contributed by atoms with Gasteiger partial charge in [0.25, 0.3) is 0 Å². The maximum atomic E-state index is 11.8. The number of rotatable bonds is 7. The fourth-order valence-corrected chi connectivity index (χ4v) is 2.52. The summed E-state index contributed by atoms with van der Waals surface area (Å²) in [5.41, 5.74) is 1.08. The molecule has 0 fully saturated rings. The van der Waals surface area contributed by atoms with Crippen LogP contribution in [0.2, 0.25) is 0 Å². The van der Waals surface area contributed by atoms with Crippen molar-refractivity contribution >= 4 is 21.9 Å². The Balaban J connectivity index is 2.72. The van der Waals surface area contributed by atoms with E-state index in [0.717, 1.165) is 22.2 Å². The molecule has 1 aromatic carbocycles. The predicted molar refractivity (Wildman–Crippen MR) is 82.8 cm³/mol. The quantitative estimate of drug-likeness (QED) is 0.772. The number of halogens is 1. The molecule has 0 spiro atoms. The second-order valence-electron chi connectivity index (χ2n) is 4.74. The van der Waals surface area contributed by atoms with Gasteiger partial charge in [-0.1, -0.05) is 26.3 Å². The molecule has 0 bridgehead atoms. The van der Waals surface area contributed by atoms with E-state index < -0.39 is 0 Å². The molecule has 0 saturated carbocycles. The minimum absolute atomic E-state index is 0.216. The van der Waals surface area contributed by atoms with E-state index in [1.165, 1.54) is 7.11 Å². The van der Waals surface area contributed by atoms with Gasteiger partial charge in [0, 0.05) is 6.54 Å². The Hall–Kier alpha value is -1.07. The third kappa shape index (κ3) is 4.49. The van der Waals surface area contributed by atoms with Gasteiger partial charge < -0.3 is 14.8 Å². The van der Waals surface area contributed by atoms with Crippen LogP contribution in [-0.4, -0.2) is 26.2 Å². The first-order chi connectivity index (χ1) is 9.53. The largest absolute Gasteiger partial charge is 0.496 e. The number of esters is 1. The average Bonchev–Trinajstić information content (AvgIpc) is 2.46. The number of ether oxygens (including phenoxy) is 2. The van der Waals surface area contributed by atoms with Gasteiger partial charge in [-0.15, -0.1) is 0 Å². The Bertz CT molecular complexity index is 451. The Morgan fingerprint density at radius 2 is 2.10 bits per heavy atom. The number of hydrogen-bond donors (Lipinski definition) is 1. The molecule has 0 aliphatic rings. The Morgan fingerprint density at radius 3 is 2.60 bits per heavy atom. The zero-order chi connectivity index (χ0) is 15.1. The van der Waals surface area contributed by atoms with Crippen molar-refractivity contribution in [2.45, 2.75) is 32.9 Å². The monoisotopic (exact) mass is 343 g/mol. The molecule has 4 nitrogen and oxygen atoms in total. The van der Waals surface area contributed by atoms with E-state index in [4.69, 9.17) is 9.47 Å². The Morgan fingerprint density at radius 1 is 1.40 bits per heavy atom. The fraction of sp³-hybridized carbons (Fsp3) is 0.533. The van der Waals surface area contributed by atoms with Crippen LogP contribution < -0.4 is 10.1 Å². The van der Waals surface area contributed by atoms with Crippen molar-refractivity contribution in [3.05, 3.63) is 28.2 Å². The topological polar surface area (TPSA) is 47.6 Å². The second kappa shape index (κ2) is 8.27. The van der Waals surface area contributed by atoms with Crippen molar-refractivity contribution in [1.82, 2.24) is 5.32 Å². The van der Waals surface area contributed by atoms with Crippen molar-refractivity contribution in [2.24, 2.45) is 5.92 Å². The molecule has 2 unspecified atom stereocenters. The highest BCUT2D eigenvalue weighted by Gasteiger charge is 2.24. The maximum Gasteiger partial charge on any atom is 0.323 e. The minimum Gasteiger partial charge on any atom is -0.496 e.